The highest BCUT2D eigenvalue weighted by Crippen LogP contribution is 2.41. The van der Waals surface area contributed by atoms with Crippen LogP contribution in [-0.2, 0) is 27.2 Å². The molecule has 2 atom stereocenters. The third-order valence-corrected chi connectivity index (χ3v) is 6.43. The summed E-state index contributed by atoms with van der Waals surface area (Å²) in [7, 11) is 0. The van der Waals surface area contributed by atoms with Crippen molar-refractivity contribution in [2.75, 3.05) is 6.61 Å². The van der Waals surface area contributed by atoms with E-state index in [-0.39, 0.29) is 24.9 Å². The minimum absolute atomic E-state index is 0.0760. The second-order valence-corrected chi connectivity index (χ2v) is 9.24. The van der Waals surface area contributed by atoms with E-state index >= 15 is 0 Å². The van der Waals surface area contributed by atoms with E-state index in [0.717, 1.165) is 29.5 Å². The lowest BCUT2D eigenvalue weighted by Gasteiger charge is -2.17. The second-order valence-electron chi connectivity index (χ2n) is 9.24. The third-order valence-electron chi connectivity index (χ3n) is 6.43. The van der Waals surface area contributed by atoms with Crippen LogP contribution in [0.5, 0.6) is 11.5 Å². The average Bonchev–Trinajstić information content (AvgIpc) is 3.21. The molecule has 38 heavy (non-hydrogen) atoms. The number of carboxylic acid groups (broad SMARTS) is 2. The van der Waals surface area contributed by atoms with Crippen LogP contribution in [0.4, 0.5) is 5.69 Å². The van der Waals surface area contributed by atoms with Crippen LogP contribution in [0.3, 0.4) is 0 Å². The molecule has 2 aliphatic rings. The molecule has 2 unspecified atom stereocenters. The molecule has 1 amide bonds. The highest BCUT2D eigenvalue weighted by Gasteiger charge is 2.31. The number of hydrogen-bond donors (Lipinski definition) is 5. The Bertz CT molecular complexity index is 1320. The van der Waals surface area contributed by atoms with Gasteiger partial charge >= 0.3 is 17.9 Å². The minimum Gasteiger partial charge on any atom is -0.492 e. The molecule has 0 fully saturated rings. The first-order chi connectivity index (χ1) is 18.1. The Hall–Kier alpha value is -4.61. The van der Waals surface area contributed by atoms with Gasteiger partial charge in [-0.2, -0.15) is 0 Å². The summed E-state index contributed by atoms with van der Waals surface area (Å²) in [6.07, 6.45) is 2.04. The number of aliphatic carboxylic acids is 2. The van der Waals surface area contributed by atoms with Crippen LogP contribution < -0.4 is 26.3 Å². The molecule has 0 aromatic heterocycles. The van der Waals surface area contributed by atoms with Gasteiger partial charge in [-0.25, -0.2) is 14.6 Å². The summed E-state index contributed by atoms with van der Waals surface area (Å²) in [4.78, 5) is 51.8. The molecule has 2 heterocycles. The van der Waals surface area contributed by atoms with Crippen molar-refractivity contribution in [2.45, 2.75) is 50.5 Å². The van der Waals surface area contributed by atoms with E-state index in [0.29, 0.717) is 35.6 Å². The number of rotatable bonds is 7. The first-order valence-electron chi connectivity index (χ1n) is 12.1. The number of amides is 1. The zero-order valence-electron chi connectivity index (χ0n) is 20.4. The van der Waals surface area contributed by atoms with Gasteiger partial charge < -0.3 is 36.5 Å². The zero-order valence-corrected chi connectivity index (χ0v) is 20.4. The number of ether oxygens (including phenoxy) is 2. The number of carbonyl (C=O) groups excluding carboxylic acids is 2. The summed E-state index contributed by atoms with van der Waals surface area (Å²) in [5, 5.41) is 20.3. The maximum absolute atomic E-state index is 13.1. The predicted molar refractivity (Wildman–Crippen MR) is 135 cm³/mol. The summed E-state index contributed by atoms with van der Waals surface area (Å²) >= 11 is 0. The van der Waals surface area contributed by atoms with Gasteiger partial charge in [0.05, 0.1) is 24.3 Å². The fourth-order valence-corrected chi connectivity index (χ4v) is 4.65. The summed E-state index contributed by atoms with van der Waals surface area (Å²) in [5.74, 6) is -3.47. The van der Waals surface area contributed by atoms with Gasteiger partial charge in [-0.3, -0.25) is 9.59 Å². The second kappa shape index (κ2) is 11.2. The minimum atomic E-state index is -1.52. The van der Waals surface area contributed by atoms with E-state index in [1.165, 1.54) is 0 Å². The van der Waals surface area contributed by atoms with Crippen molar-refractivity contribution in [1.29, 1.82) is 0 Å². The average molecular weight is 525 g/mol. The van der Waals surface area contributed by atoms with E-state index in [2.05, 4.69) is 10.3 Å². The van der Waals surface area contributed by atoms with E-state index < -0.39 is 36.3 Å². The molecule has 2 aliphatic heterocycles. The van der Waals surface area contributed by atoms with Crippen molar-refractivity contribution in [3.05, 3.63) is 52.6 Å². The van der Waals surface area contributed by atoms with Gasteiger partial charge in [0.15, 0.2) is 5.96 Å². The number of aliphatic imine (C=N–C) groups is 1. The molecule has 0 saturated carbocycles. The molecule has 0 aliphatic carbocycles. The van der Waals surface area contributed by atoms with Crippen molar-refractivity contribution in [3.63, 3.8) is 0 Å². The lowest BCUT2D eigenvalue weighted by Crippen LogP contribution is -2.42. The maximum atomic E-state index is 13.1. The first kappa shape index (κ1) is 26.5. The maximum Gasteiger partial charge on any atom is 0.343 e. The Labute approximate surface area is 217 Å². The molecule has 0 bridgehead atoms. The summed E-state index contributed by atoms with van der Waals surface area (Å²) in [6, 6.07) is 7.01. The van der Waals surface area contributed by atoms with Crippen LogP contribution in [0.1, 0.15) is 58.6 Å². The SMILES string of the molecule is NC(N)=Nc1ccc2c(c1)CCCCc1cc3c(cc1OC2=O)OCC3CC(=O)NC(CC(=O)O)C(=O)O. The molecule has 0 spiro atoms. The number of aryl methyl sites for hydroxylation is 2. The van der Waals surface area contributed by atoms with Crippen molar-refractivity contribution in [2.24, 2.45) is 16.5 Å². The normalized spacial score (nSPS) is 16.9. The van der Waals surface area contributed by atoms with E-state index in [9.17, 15) is 24.3 Å². The monoisotopic (exact) mass is 524 g/mol. The van der Waals surface area contributed by atoms with Crippen molar-refractivity contribution in [3.8, 4) is 11.5 Å². The highest BCUT2D eigenvalue weighted by atomic mass is 16.5. The fraction of sp³-hybridized carbons (Fsp3) is 0.346. The summed E-state index contributed by atoms with van der Waals surface area (Å²) < 4.78 is 11.5. The molecule has 0 radical (unpaired) electrons. The topological polar surface area (TPSA) is 204 Å². The molecule has 4 rings (SSSR count). The Morgan fingerprint density at radius 3 is 2.47 bits per heavy atom. The Kier molecular flexibility index (Phi) is 7.79. The van der Waals surface area contributed by atoms with Crippen LogP contribution in [0.25, 0.3) is 0 Å². The van der Waals surface area contributed by atoms with E-state index in [1.807, 2.05) is 6.07 Å². The van der Waals surface area contributed by atoms with Crippen LogP contribution in [0.2, 0.25) is 0 Å². The number of guanidine groups is 1. The summed E-state index contributed by atoms with van der Waals surface area (Å²) in [6.45, 7) is 0.173. The fourth-order valence-electron chi connectivity index (χ4n) is 4.65. The number of carbonyl (C=O) groups is 4. The van der Waals surface area contributed by atoms with Crippen molar-refractivity contribution in [1.82, 2.24) is 5.32 Å². The molecule has 2 aromatic rings. The van der Waals surface area contributed by atoms with Gasteiger partial charge in [0.2, 0.25) is 5.91 Å². The third kappa shape index (κ3) is 6.20. The largest absolute Gasteiger partial charge is 0.492 e. The Morgan fingerprint density at radius 1 is 1.05 bits per heavy atom. The van der Waals surface area contributed by atoms with Crippen LogP contribution in [0, 0.1) is 0 Å². The van der Waals surface area contributed by atoms with Crippen LogP contribution >= 0.6 is 0 Å². The van der Waals surface area contributed by atoms with Crippen LogP contribution in [0.15, 0.2) is 35.3 Å². The van der Waals surface area contributed by atoms with Gasteiger partial charge in [0.25, 0.3) is 0 Å². The molecule has 12 heteroatoms. The number of nitrogens with one attached hydrogen (secondary N) is 1. The van der Waals surface area contributed by atoms with Gasteiger partial charge in [0.1, 0.15) is 17.5 Å². The number of carboxylic acids is 2. The van der Waals surface area contributed by atoms with Gasteiger partial charge in [0, 0.05) is 24.0 Å². The molecule has 0 saturated heterocycles. The number of nitrogens with two attached hydrogens (primary N) is 2. The van der Waals surface area contributed by atoms with Gasteiger partial charge in [-0.05, 0) is 61.1 Å². The Balaban J connectivity index is 1.54. The molecule has 12 nitrogen and oxygen atoms in total. The van der Waals surface area contributed by atoms with Gasteiger partial charge in [-0.15, -0.1) is 0 Å². The number of benzene rings is 2. The molecule has 7 N–H and O–H groups in total. The number of fused-ring (bicyclic) bond motifs is 3. The lowest BCUT2D eigenvalue weighted by atomic mass is 9.92. The zero-order chi connectivity index (χ0) is 27.4. The Morgan fingerprint density at radius 2 is 1.79 bits per heavy atom. The quantitative estimate of drug-likeness (QED) is 0.153. The van der Waals surface area contributed by atoms with Crippen LogP contribution in [-0.4, -0.2) is 52.6 Å². The lowest BCUT2D eigenvalue weighted by molar-refractivity contribution is -0.147. The van der Waals surface area contributed by atoms with E-state index in [4.69, 9.17) is 26.0 Å². The summed E-state index contributed by atoms with van der Waals surface area (Å²) in [5.41, 5.74) is 14.2. The predicted octanol–water partition coefficient (Wildman–Crippen LogP) is 1.60. The van der Waals surface area contributed by atoms with E-state index in [1.54, 1.807) is 24.3 Å². The molecular weight excluding hydrogens is 496 g/mol. The van der Waals surface area contributed by atoms with Crippen molar-refractivity contribution >= 4 is 35.5 Å². The molecule has 2 aromatic carbocycles. The first-order valence-corrected chi connectivity index (χ1v) is 12.1. The molecule has 200 valence electrons. The smallest absolute Gasteiger partial charge is 0.343 e. The number of hydrogen-bond acceptors (Lipinski definition) is 7. The van der Waals surface area contributed by atoms with Gasteiger partial charge in [-0.1, -0.05) is 0 Å². The van der Waals surface area contributed by atoms with Crippen molar-refractivity contribution < 1.29 is 38.9 Å². The number of esters is 1. The standard InChI is InChI=1S/C26H28N4O8/c27-26(28)29-16-5-6-17-13(7-16)3-1-2-4-14-8-18-15(12-37-21(18)11-20(14)38-25(17)36)9-22(31)30-19(24(34)35)10-23(32)33/h5-8,11,15,19H,1-4,9-10,12H2,(H,30,31)(H,32,33)(H,34,35)(H4,27,28,29). The molecular formula is C26H28N4O8. The highest BCUT2D eigenvalue weighted by molar-refractivity contribution is 5.94. The number of nitrogens with zero attached hydrogens (tertiary/aromatic N) is 1.